The summed E-state index contributed by atoms with van der Waals surface area (Å²) in [6.07, 6.45) is 0.927. The third-order valence-corrected chi connectivity index (χ3v) is 2.49. The Morgan fingerprint density at radius 2 is 2.28 bits per heavy atom. The SMILES string of the molecule is CC#Cc1nc(C)c(CCC(=O)OCC)cc1N. The highest BCUT2D eigenvalue weighted by atomic mass is 16.5. The van der Waals surface area contributed by atoms with E-state index in [4.69, 9.17) is 10.5 Å². The maximum absolute atomic E-state index is 11.3. The van der Waals surface area contributed by atoms with Gasteiger partial charge in [-0.25, -0.2) is 4.98 Å². The highest BCUT2D eigenvalue weighted by molar-refractivity contribution is 5.69. The average Bonchev–Trinajstić information content (AvgIpc) is 2.32. The van der Waals surface area contributed by atoms with Gasteiger partial charge in [0.2, 0.25) is 0 Å². The predicted octanol–water partition coefficient (Wildman–Crippen LogP) is 1.84. The van der Waals surface area contributed by atoms with Crippen molar-refractivity contribution < 1.29 is 9.53 Å². The van der Waals surface area contributed by atoms with Crippen molar-refractivity contribution in [3.63, 3.8) is 0 Å². The number of ether oxygens (including phenoxy) is 1. The Kier molecular flexibility index (Phi) is 5.19. The normalized spacial score (nSPS) is 9.50. The van der Waals surface area contributed by atoms with Crippen LogP contribution >= 0.6 is 0 Å². The van der Waals surface area contributed by atoms with Crippen LogP contribution in [-0.4, -0.2) is 17.6 Å². The number of hydrogen-bond acceptors (Lipinski definition) is 4. The van der Waals surface area contributed by atoms with Crippen LogP contribution in [-0.2, 0) is 16.0 Å². The Morgan fingerprint density at radius 1 is 1.56 bits per heavy atom. The number of carbonyl (C=O) groups excluding carboxylic acids is 1. The molecular weight excluding hydrogens is 228 g/mol. The number of nitrogens with two attached hydrogens (primary N) is 1. The fraction of sp³-hybridized carbons (Fsp3) is 0.429. The first kappa shape index (κ1) is 14.0. The Morgan fingerprint density at radius 3 is 2.89 bits per heavy atom. The van der Waals surface area contributed by atoms with Gasteiger partial charge in [0.25, 0.3) is 0 Å². The molecule has 0 aliphatic heterocycles. The van der Waals surface area contributed by atoms with Gasteiger partial charge in [0.1, 0.15) is 5.69 Å². The Balaban J connectivity index is 2.81. The van der Waals surface area contributed by atoms with Crippen molar-refractivity contribution in [2.24, 2.45) is 0 Å². The van der Waals surface area contributed by atoms with Crippen LogP contribution in [0.1, 0.15) is 37.2 Å². The van der Waals surface area contributed by atoms with Crippen molar-refractivity contribution in [3.05, 3.63) is 23.0 Å². The van der Waals surface area contributed by atoms with Gasteiger partial charge in [0, 0.05) is 12.1 Å². The van der Waals surface area contributed by atoms with Crippen LogP contribution in [0.25, 0.3) is 0 Å². The highest BCUT2D eigenvalue weighted by Gasteiger charge is 2.08. The molecule has 0 aliphatic rings. The van der Waals surface area contributed by atoms with Crippen LogP contribution in [0.5, 0.6) is 0 Å². The zero-order valence-corrected chi connectivity index (χ0v) is 11.0. The minimum Gasteiger partial charge on any atom is -0.466 e. The van der Waals surface area contributed by atoms with Gasteiger partial charge in [0.05, 0.1) is 12.3 Å². The molecule has 96 valence electrons. The molecule has 1 heterocycles. The monoisotopic (exact) mass is 246 g/mol. The average molecular weight is 246 g/mol. The van der Waals surface area contributed by atoms with Crippen LogP contribution in [0.15, 0.2) is 6.07 Å². The summed E-state index contributed by atoms with van der Waals surface area (Å²) in [5.74, 6) is 5.42. The van der Waals surface area contributed by atoms with Gasteiger partial charge in [-0.1, -0.05) is 5.92 Å². The molecular formula is C14H18N2O2. The lowest BCUT2D eigenvalue weighted by Crippen LogP contribution is -2.07. The fourth-order valence-corrected chi connectivity index (χ4v) is 1.61. The van der Waals surface area contributed by atoms with Gasteiger partial charge in [-0.2, -0.15) is 0 Å². The molecule has 0 saturated carbocycles. The number of pyridine rings is 1. The van der Waals surface area contributed by atoms with E-state index < -0.39 is 0 Å². The van der Waals surface area contributed by atoms with Crippen LogP contribution < -0.4 is 5.73 Å². The van der Waals surface area contributed by atoms with Crippen molar-refractivity contribution in [2.45, 2.75) is 33.6 Å². The van der Waals surface area contributed by atoms with Crippen LogP contribution in [0.4, 0.5) is 5.69 Å². The fourth-order valence-electron chi connectivity index (χ4n) is 1.61. The number of carbonyl (C=O) groups is 1. The van der Waals surface area contributed by atoms with E-state index in [0.29, 0.717) is 30.8 Å². The topological polar surface area (TPSA) is 65.2 Å². The molecule has 0 fully saturated rings. The van der Waals surface area contributed by atoms with Crippen LogP contribution in [0, 0.1) is 18.8 Å². The zero-order chi connectivity index (χ0) is 13.5. The number of esters is 1. The van der Waals surface area contributed by atoms with Gasteiger partial charge in [0.15, 0.2) is 0 Å². The molecule has 0 bridgehead atoms. The number of nitrogen functional groups attached to an aromatic ring is 1. The van der Waals surface area contributed by atoms with Crippen molar-refractivity contribution in [1.82, 2.24) is 4.98 Å². The smallest absolute Gasteiger partial charge is 0.306 e. The predicted molar refractivity (Wildman–Crippen MR) is 70.9 cm³/mol. The maximum atomic E-state index is 11.3. The summed E-state index contributed by atoms with van der Waals surface area (Å²) in [4.78, 5) is 15.6. The van der Waals surface area contributed by atoms with Crippen LogP contribution in [0.3, 0.4) is 0 Å². The van der Waals surface area contributed by atoms with E-state index in [1.807, 2.05) is 13.0 Å². The third kappa shape index (κ3) is 3.77. The molecule has 0 aliphatic carbocycles. The molecule has 0 spiro atoms. The van der Waals surface area contributed by atoms with Crippen molar-refractivity contribution in [3.8, 4) is 11.8 Å². The third-order valence-electron chi connectivity index (χ3n) is 2.49. The standard InChI is InChI=1S/C14H18N2O2/c1-4-6-13-12(15)9-11(10(3)16-13)7-8-14(17)18-5-2/h9H,5,7-8,15H2,1-3H3. The van der Waals surface area contributed by atoms with E-state index in [2.05, 4.69) is 16.8 Å². The quantitative estimate of drug-likeness (QED) is 0.650. The lowest BCUT2D eigenvalue weighted by molar-refractivity contribution is -0.143. The molecule has 0 radical (unpaired) electrons. The molecule has 4 nitrogen and oxygen atoms in total. The number of rotatable bonds is 4. The second kappa shape index (κ2) is 6.65. The van der Waals surface area contributed by atoms with Crippen molar-refractivity contribution in [2.75, 3.05) is 12.3 Å². The Bertz CT molecular complexity index is 498. The molecule has 0 atom stereocenters. The largest absolute Gasteiger partial charge is 0.466 e. The first-order chi connectivity index (χ1) is 8.58. The Labute approximate surface area is 108 Å². The molecule has 1 aromatic heterocycles. The van der Waals surface area contributed by atoms with Gasteiger partial charge < -0.3 is 10.5 Å². The molecule has 1 rings (SSSR count). The minimum atomic E-state index is -0.201. The summed E-state index contributed by atoms with van der Waals surface area (Å²) < 4.78 is 4.88. The lowest BCUT2D eigenvalue weighted by Gasteiger charge is -2.08. The molecule has 0 unspecified atom stereocenters. The summed E-state index contributed by atoms with van der Waals surface area (Å²) in [6.45, 7) is 5.83. The van der Waals surface area contributed by atoms with E-state index in [-0.39, 0.29) is 5.97 Å². The van der Waals surface area contributed by atoms with Crippen molar-refractivity contribution >= 4 is 11.7 Å². The molecule has 0 saturated heterocycles. The lowest BCUT2D eigenvalue weighted by atomic mass is 10.1. The summed E-state index contributed by atoms with van der Waals surface area (Å²) in [6, 6.07) is 1.83. The summed E-state index contributed by atoms with van der Waals surface area (Å²) in [5, 5.41) is 0. The van der Waals surface area contributed by atoms with E-state index in [1.165, 1.54) is 0 Å². The number of aryl methyl sites for hydroxylation is 2. The molecule has 0 aromatic carbocycles. The van der Waals surface area contributed by atoms with E-state index in [9.17, 15) is 4.79 Å². The zero-order valence-electron chi connectivity index (χ0n) is 11.0. The number of aromatic nitrogens is 1. The minimum absolute atomic E-state index is 0.201. The molecule has 0 amide bonds. The maximum Gasteiger partial charge on any atom is 0.306 e. The van der Waals surface area contributed by atoms with Crippen LogP contribution in [0.2, 0.25) is 0 Å². The Hall–Kier alpha value is -2.02. The second-order valence-corrected chi connectivity index (χ2v) is 3.85. The van der Waals surface area contributed by atoms with Gasteiger partial charge in [-0.05, 0) is 44.7 Å². The first-order valence-electron chi connectivity index (χ1n) is 5.92. The second-order valence-electron chi connectivity index (χ2n) is 3.85. The summed E-state index contributed by atoms with van der Waals surface area (Å²) in [7, 11) is 0. The van der Waals surface area contributed by atoms with E-state index in [0.717, 1.165) is 11.3 Å². The summed E-state index contributed by atoms with van der Waals surface area (Å²) in [5.41, 5.74) is 8.82. The molecule has 1 aromatic rings. The molecule has 2 N–H and O–H groups in total. The number of nitrogens with zero attached hydrogens (tertiary/aromatic N) is 1. The molecule has 18 heavy (non-hydrogen) atoms. The summed E-state index contributed by atoms with van der Waals surface area (Å²) >= 11 is 0. The van der Waals surface area contributed by atoms with Crippen molar-refractivity contribution in [1.29, 1.82) is 0 Å². The number of hydrogen-bond donors (Lipinski definition) is 1. The first-order valence-corrected chi connectivity index (χ1v) is 5.92. The highest BCUT2D eigenvalue weighted by Crippen LogP contribution is 2.16. The number of anilines is 1. The van der Waals surface area contributed by atoms with E-state index in [1.54, 1.807) is 13.8 Å². The van der Waals surface area contributed by atoms with Gasteiger partial charge >= 0.3 is 5.97 Å². The molecule has 4 heteroatoms. The van der Waals surface area contributed by atoms with Gasteiger partial charge in [-0.3, -0.25) is 4.79 Å². The van der Waals surface area contributed by atoms with Gasteiger partial charge in [-0.15, -0.1) is 0 Å². The van der Waals surface area contributed by atoms with E-state index >= 15 is 0 Å².